The van der Waals surface area contributed by atoms with Gasteiger partial charge in [0.25, 0.3) is 0 Å². The van der Waals surface area contributed by atoms with Crippen LogP contribution in [0.3, 0.4) is 0 Å². The number of hydrogen-bond acceptors (Lipinski definition) is 4. The SMILES string of the molecule is CCc1cccc(CC)c1Nc1cc(C)nc(NC(C)CC)n1. The summed E-state index contributed by atoms with van der Waals surface area (Å²) in [6, 6.07) is 8.83. The Bertz CT molecular complexity index is 630. The Labute approximate surface area is 139 Å². The van der Waals surface area contributed by atoms with Gasteiger partial charge in [-0.2, -0.15) is 4.98 Å². The van der Waals surface area contributed by atoms with E-state index in [-0.39, 0.29) is 0 Å². The van der Waals surface area contributed by atoms with Crippen LogP contribution in [0, 0.1) is 6.92 Å². The van der Waals surface area contributed by atoms with E-state index in [4.69, 9.17) is 0 Å². The van der Waals surface area contributed by atoms with E-state index in [0.717, 1.165) is 30.8 Å². The highest BCUT2D eigenvalue weighted by Gasteiger charge is 2.10. The molecule has 2 rings (SSSR count). The van der Waals surface area contributed by atoms with Crippen LogP contribution in [-0.2, 0) is 12.8 Å². The Morgan fingerprint density at radius 3 is 2.26 bits per heavy atom. The number of aryl methyl sites for hydroxylation is 3. The number of nitrogens with one attached hydrogen (secondary N) is 2. The van der Waals surface area contributed by atoms with Crippen molar-refractivity contribution in [3.8, 4) is 0 Å². The van der Waals surface area contributed by atoms with E-state index in [1.54, 1.807) is 0 Å². The maximum Gasteiger partial charge on any atom is 0.225 e. The average Bonchev–Trinajstić information content (AvgIpc) is 2.54. The Balaban J connectivity index is 2.33. The molecule has 4 heteroatoms. The number of benzene rings is 1. The van der Waals surface area contributed by atoms with Gasteiger partial charge in [-0.25, -0.2) is 4.98 Å². The molecule has 0 aliphatic carbocycles. The first-order chi connectivity index (χ1) is 11.1. The van der Waals surface area contributed by atoms with E-state index in [9.17, 15) is 0 Å². The van der Waals surface area contributed by atoms with Crippen molar-refractivity contribution in [2.24, 2.45) is 0 Å². The zero-order chi connectivity index (χ0) is 16.8. The lowest BCUT2D eigenvalue weighted by Crippen LogP contribution is -2.16. The first-order valence-electron chi connectivity index (χ1n) is 8.57. The summed E-state index contributed by atoms with van der Waals surface area (Å²) >= 11 is 0. The lowest BCUT2D eigenvalue weighted by Gasteiger charge is -2.17. The molecule has 0 aliphatic rings. The van der Waals surface area contributed by atoms with Gasteiger partial charge < -0.3 is 10.6 Å². The van der Waals surface area contributed by atoms with Crippen LogP contribution >= 0.6 is 0 Å². The van der Waals surface area contributed by atoms with Crippen molar-refractivity contribution in [1.29, 1.82) is 0 Å². The molecule has 1 aromatic heterocycles. The molecular formula is C19H28N4. The third kappa shape index (κ3) is 4.44. The molecule has 0 aliphatic heterocycles. The summed E-state index contributed by atoms with van der Waals surface area (Å²) in [5.74, 6) is 1.53. The van der Waals surface area contributed by atoms with Crippen LogP contribution in [0.25, 0.3) is 0 Å². The predicted octanol–water partition coefficient (Wildman–Crippen LogP) is 4.86. The van der Waals surface area contributed by atoms with Gasteiger partial charge in [0.05, 0.1) is 0 Å². The van der Waals surface area contributed by atoms with Crippen molar-refractivity contribution in [1.82, 2.24) is 9.97 Å². The molecule has 0 saturated carbocycles. The first-order valence-corrected chi connectivity index (χ1v) is 8.57. The smallest absolute Gasteiger partial charge is 0.225 e. The molecule has 2 aromatic rings. The molecule has 1 atom stereocenters. The predicted molar refractivity (Wildman–Crippen MR) is 98.6 cm³/mol. The zero-order valence-electron chi connectivity index (χ0n) is 14.9. The molecule has 0 saturated heterocycles. The van der Waals surface area contributed by atoms with Gasteiger partial charge in [-0.3, -0.25) is 0 Å². The number of nitrogens with zero attached hydrogens (tertiary/aromatic N) is 2. The van der Waals surface area contributed by atoms with Crippen molar-refractivity contribution in [2.45, 2.75) is 59.9 Å². The fourth-order valence-corrected chi connectivity index (χ4v) is 2.55. The third-order valence-electron chi connectivity index (χ3n) is 4.09. The summed E-state index contributed by atoms with van der Waals surface area (Å²) in [5.41, 5.74) is 4.78. The van der Waals surface area contributed by atoms with E-state index >= 15 is 0 Å². The largest absolute Gasteiger partial charge is 0.352 e. The minimum atomic E-state index is 0.360. The normalized spacial score (nSPS) is 12.0. The molecule has 1 unspecified atom stereocenters. The van der Waals surface area contributed by atoms with E-state index in [2.05, 4.69) is 66.5 Å². The van der Waals surface area contributed by atoms with Crippen LogP contribution in [0.1, 0.15) is 50.9 Å². The summed E-state index contributed by atoms with van der Waals surface area (Å²) in [5, 5.41) is 6.88. The van der Waals surface area contributed by atoms with Crippen LogP contribution < -0.4 is 10.6 Å². The van der Waals surface area contributed by atoms with Crippen LogP contribution in [0.15, 0.2) is 24.3 Å². The van der Waals surface area contributed by atoms with Crippen LogP contribution in [0.5, 0.6) is 0 Å². The van der Waals surface area contributed by atoms with Crippen LogP contribution in [-0.4, -0.2) is 16.0 Å². The van der Waals surface area contributed by atoms with Crippen molar-refractivity contribution in [3.05, 3.63) is 41.1 Å². The molecular weight excluding hydrogens is 284 g/mol. The Kier molecular flexibility index (Phi) is 5.97. The average molecular weight is 312 g/mol. The Morgan fingerprint density at radius 1 is 1.04 bits per heavy atom. The number of para-hydroxylation sites is 1. The molecule has 0 radical (unpaired) electrons. The third-order valence-corrected chi connectivity index (χ3v) is 4.09. The van der Waals surface area contributed by atoms with Gasteiger partial charge in [0, 0.05) is 23.5 Å². The molecule has 1 aromatic carbocycles. The lowest BCUT2D eigenvalue weighted by atomic mass is 10.0. The van der Waals surface area contributed by atoms with Gasteiger partial charge >= 0.3 is 0 Å². The maximum atomic E-state index is 4.63. The van der Waals surface area contributed by atoms with Crippen molar-refractivity contribution in [3.63, 3.8) is 0 Å². The van der Waals surface area contributed by atoms with Gasteiger partial charge in [-0.15, -0.1) is 0 Å². The highest BCUT2D eigenvalue weighted by Crippen LogP contribution is 2.26. The Hall–Kier alpha value is -2.10. The summed E-state index contributed by atoms with van der Waals surface area (Å²) in [6.45, 7) is 10.7. The molecule has 0 spiro atoms. The van der Waals surface area contributed by atoms with Crippen LogP contribution in [0.4, 0.5) is 17.5 Å². The van der Waals surface area contributed by atoms with Gasteiger partial charge in [0.15, 0.2) is 0 Å². The molecule has 2 N–H and O–H groups in total. The quantitative estimate of drug-likeness (QED) is 0.766. The van der Waals surface area contributed by atoms with Gasteiger partial charge in [-0.05, 0) is 44.2 Å². The molecule has 0 bridgehead atoms. The van der Waals surface area contributed by atoms with Gasteiger partial charge in [-0.1, -0.05) is 39.0 Å². The second kappa shape index (κ2) is 7.95. The monoisotopic (exact) mass is 312 g/mol. The van der Waals surface area contributed by atoms with Crippen molar-refractivity contribution in [2.75, 3.05) is 10.6 Å². The molecule has 4 nitrogen and oxygen atoms in total. The highest BCUT2D eigenvalue weighted by molar-refractivity contribution is 5.66. The second-order valence-electron chi connectivity index (χ2n) is 5.96. The lowest BCUT2D eigenvalue weighted by molar-refractivity contribution is 0.752. The maximum absolute atomic E-state index is 4.63. The number of aromatic nitrogens is 2. The molecule has 23 heavy (non-hydrogen) atoms. The minimum absolute atomic E-state index is 0.360. The second-order valence-corrected chi connectivity index (χ2v) is 5.96. The molecule has 0 fully saturated rings. The highest BCUT2D eigenvalue weighted by atomic mass is 15.2. The van der Waals surface area contributed by atoms with Crippen molar-refractivity contribution < 1.29 is 0 Å². The zero-order valence-corrected chi connectivity index (χ0v) is 14.9. The Morgan fingerprint density at radius 2 is 1.70 bits per heavy atom. The molecule has 1 heterocycles. The summed E-state index contributed by atoms with van der Waals surface area (Å²) < 4.78 is 0. The van der Waals surface area contributed by atoms with E-state index in [1.165, 1.54) is 16.8 Å². The van der Waals surface area contributed by atoms with Gasteiger partial charge in [0.1, 0.15) is 5.82 Å². The topological polar surface area (TPSA) is 49.8 Å². The summed E-state index contributed by atoms with van der Waals surface area (Å²) in [6.07, 6.45) is 3.04. The standard InChI is InChI=1S/C19H28N4/c1-6-13(4)20-19-21-14(5)12-17(23-19)22-18-15(7-2)10-9-11-16(18)8-3/h9-13H,6-8H2,1-5H3,(H2,20,21,22,23). The fourth-order valence-electron chi connectivity index (χ4n) is 2.55. The summed E-state index contributed by atoms with van der Waals surface area (Å²) in [7, 11) is 0. The van der Waals surface area contributed by atoms with Crippen molar-refractivity contribution >= 4 is 17.5 Å². The van der Waals surface area contributed by atoms with Crippen LogP contribution in [0.2, 0.25) is 0 Å². The minimum Gasteiger partial charge on any atom is -0.352 e. The van der Waals surface area contributed by atoms with E-state index in [0.29, 0.717) is 12.0 Å². The number of anilines is 3. The fraction of sp³-hybridized carbons (Fsp3) is 0.474. The van der Waals surface area contributed by atoms with Gasteiger partial charge in [0.2, 0.25) is 5.95 Å². The molecule has 124 valence electrons. The number of hydrogen-bond donors (Lipinski definition) is 2. The summed E-state index contributed by atoms with van der Waals surface area (Å²) in [4.78, 5) is 9.12. The molecule has 0 amide bonds. The van der Waals surface area contributed by atoms with E-state index in [1.807, 2.05) is 13.0 Å². The first kappa shape index (κ1) is 17.3. The number of rotatable bonds is 7. The van der Waals surface area contributed by atoms with E-state index < -0.39 is 0 Å².